The fourth-order valence-corrected chi connectivity index (χ4v) is 3.16. The molecule has 1 saturated heterocycles. The van der Waals surface area contributed by atoms with E-state index in [1.807, 2.05) is 0 Å². The number of primary amides is 1. The number of aromatic nitrogens is 1. The van der Waals surface area contributed by atoms with Crippen molar-refractivity contribution in [3.63, 3.8) is 0 Å². The Bertz CT molecular complexity index is 622. The van der Waals surface area contributed by atoms with Gasteiger partial charge in [0.05, 0.1) is 13.1 Å². The second-order valence-corrected chi connectivity index (χ2v) is 6.41. The number of nitrogens with one attached hydrogen (secondary N) is 2. The first-order valence-corrected chi connectivity index (χ1v) is 8.50. The molecule has 1 aliphatic heterocycles. The maximum atomic E-state index is 12.2. The lowest BCUT2D eigenvalue weighted by atomic mass is 9.92. The molecule has 2 rings (SSSR count). The number of carbonyl (C=O) groups excluding carboxylic acids is 3. The van der Waals surface area contributed by atoms with Crippen LogP contribution in [0.25, 0.3) is 0 Å². The largest absolute Gasteiger partial charge is 0.364 e. The number of piperidine rings is 1. The fraction of sp³-hybridized carbons (Fsp3) is 0.467. The molecule has 1 radical (unpaired) electrons. The normalized spacial score (nSPS) is 15.8. The number of ketones is 1. The maximum Gasteiger partial charge on any atom is 0.268 e. The topological polar surface area (TPSA) is 129 Å². The van der Waals surface area contributed by atoms with Crippen molar-refractivity contribution < 1.29 is 14.4 Å². The van der Waals surface area contributed by atoms with Crippen LogP contribution in [0.15, 0.2) is 5.38 Å². The van der Waals surface area contributed by atoms with Crippen LogP contribution in [0.3, 0.4) is 0 Å². The van der Waals surface area contributed by atoms with Gasteiger partial charge in [-0.1, -0.05) is 0 Å². The van der Waals surface area contributed by atoms with E-state index in [-0.39, 0.29) is 34.7 Å². The number of Topliss-reactive ketones (excluding diaryl/α,β-unsaturated/α-hetero) is 1. The average molecular weight is 350 g/mol. The van der Waals surface area contributed by atoms with Gasteiger partial charge in [0, 0.05) is 31.1 Å². The van der Waals surface area contributed by atoms with E-state index in [2.05, 4.69) is 15.2 Å². The number of rotatable bonds is 8. The zero-order valence-corrected chi connectivity index (χ0v) is 14.0. The number of thiazole rings is 1. The molecule has 0 aromatic carbocycles. The molecule has 2 amide bonds. The number of nitrogens with zero attached hydrogens (tertiary/aromatic N) is 2. The van der Waals surface area contributed by atoms with Gasteiger partial charge < -0.3 is 16.5 Å². The van der Waals surface area contributed by atoms with Crippen LogP contribution >= 0.6 is 11.3 Å². The Hall–Kier alpha value is -2.13. The predicted octanol–water partition coefficient (Wildman–Crippen LogP) is 0.454. The molecule has 1 aromatic heterocycles. The minimum Gasteiger partial charge on any atom is -0.364 e. The Kier molecular flexibility index (Phi) is 6.56. The summed E-state index contributed by atoms with van der Waals surface area (Å²) >= 11 is 1.12. The Morgan fingerprint density at radius 1 is 1.42 bits per heavy atom. The minimum atomic E-state index is -0.635. The van der Waals surface area contributed by atoms with Crippen LogP contribution in [0.2, 0.25) is 0 Å². The van der Waals surface area contributed by atoms with Gasteiger partial charge in [-0.05, 0) is 18.8 Å². The van der Waals surface area contributed by atoms with Crippen LogP contribution in [-0.2, 0) is 4.79 Å². The van der Waals surface area contributed by atoms with Crippen molar-refractivity contribution in [2.75, 3.05) is 19.8 Å². The lowest BCUT2D eigenvalue weighted by Crippen LogP contribution is -2.42. The van der Waals surface area contributed by atoms with Crippen LogP contribution < -0.4 is 11.1 Å². The zero-order chi connectivity index (χ0) is 17.5. The van der Waals surface area contributed by atoms with Crippen molar-refractivity contribution in [1.82, 2.24) is 15.2 Å². The molecule has 0 atom stereocenters. The molecule has 1 fully saturated rings. The van der Waals surface area contributed by atoms with Gasteiger partial charge in [-0.2, -0.15) is 0 Å². The van der Waals surface area contributed by atoms with Crippen LogP contribution in [0, 0.1) is 17.7 Å². The zero-order valence-electron chi connectivity index (χ0n) is 13.2. The highest BCUT2D eigenvalue weighted by Gasteiger charge is 2.24. The molecule has 0 unspecified atom stereocenters. The molecule has 2 heterocycles. The summed E-state index contributed by atoms with van der Waals surface area (Å²) in [6.45, 7) is 2.02. The van der Waals surface area contributed by atoms with Crippen LogP contribution in [0.1, 0.15) is 39.6 Å². The van der Waals surface area contributed by atoms with Gasteiger partial charge in [0.15, 0.2) is 10.8 Å². The molecule has 9 heteroatoms. The first-order chi connectivity index (χ1) is 11.5. The van der Waals surface area contributed by atoms with Crippen molar-refractivity contribution in [2.45, 2.75) is 19.3 Å². The highest BCUT2D eigenvalue weighted by Crippen LogP contribution is 2.22. The summed E-state index contributed by atoms with van der Waals surface area (Å²) in [6, 6.07) is 0. The first kappa shape index (κ1) is 18.2. The molecule has 1 aromatic rings. The van der Waals surface area contributed by atoms with Gasteiger partial charge in [0.1, 0.15) is 5.69 Å². The summed E-state index contributed by atoms with van der Waals surface area (Å²) in [5.74, 6) is -0.816. The quantitative estimate of drug-likeness (QED) is 0.463. The van der Waals surface area contributed by atoms with E-state index in [0.717, 1.165) is 43.5 Å². The lowest BCUT2D eigenvalue weighted by Gasteiger charge is -2.31. The van der Waals surface area contributed by atoms with Crippen LogP contribution in [-0.4, -0.2) is 53.5 Å². The van der Waals surface area contributed by atoms with Gasteiger partial charge in [-0.15, -0.1) is 11.3 Å². The third kappa shape index (κ3) is 5.20. The van der Waals surface area contributed by atoms with Gasteiger partial charge in [-0.3, -0.25) is 19.3 Å². The van der Waals surface area contributed by atoms with Crippen LogP contribution in [0.5, 0.6) is 0 Å². The third-order valence-corrected chi connectivity index (χ3v) is 4.63. The average Bonchev–Trinajstić information content (AvgIpc) is 3.05. The standard InChI is InChI=1S/C15H20N5O3S/c16-4-1-13(22)18-9-20-5-2-10(3-6-20)7-12(21)15-19-11(8-24-15)14(17)23/h4,7-8,10,16H,1-3,5-6,9H2,(H2,17,23)(H,18,22). The monoisotopic (exact) mass is 350 g/mol. The predicted molar refractivity (Wildman–Crippen MR) is 90.0 cm³/mol. The second-order valence-electron chi connectivity index (χ2n) is 5.55. The van der Waals surface area contributed by atoms with E-state index in [1.165, 1.54) is 5.38 Å². The van der Waals surface area contributed by atoms with E-state index >= 15 is 0 Å². The second kappa shape index (κ2) is 8.65. The van der Waals surface area contributed by atoms with Crippen molar-refractivity contribution in [2.24, 2.45) is 11.7 Å². The van der Waals surface area contributed by atoms with Gasteiger partial charge in [-0.25, -0.2) is 4.98 Å². The van der Waals surface area contributed by atoms with E-state index in [0.29, 0.717) is 6.67 Å². The van der Waals surface area contributed by atoms with Crippen molar-refractivity contribution in [1.29, 1.82) is 5.41 Å². The first-order valence-electron chi connectivity index (χ1n) is 7.62. The van der Waals surface area contributed by atoms with Crippen molar-refractivity contribution in [3.8, 4) is 0 Å². The lowest BCUT2D eigenvalue weighted by molar-refractivity contribution is -0.120. The Labute approximate surface area is 143 Å². The molecule has 0 bridgehead atoms. The fourth-order valence-electron chi connectivity index (χ4n) is 2.43. The molecule has 0 aliphatic carbocycles. The number of amides is 2. The van der Waals surface area contributed by atoms with Crippen molar-refractivity contribution in [3.05, 3.63) is 22.5 Å². The highest BCUT2D eigenvalue weighted by atomic mass is 32.1. The third-order valence-electron chi connectivity index (χ3n) is 3.77. The number of carbonyl (C=O) groups is 3. The Balaban J connectivity index is 1.74. The highest BCUT2D eigenvalue weighted by molar-refractivity contribution is 7.12. The molecule has 0 spiro atoms. The van der Waals surface area contributed by atoms with E-state index in [4.69, 9.17) is 11.1 Å². The van der Waals surface area contributed by atoms with Crippen molar-refractivity contribution >= 4 is 35.1 Å². The molecule has 129 valence electrons. The SMILES string of the molecule is N=CCC(=O)NCN1CCC([CH]C(=O)c2nc(C(N)=O)cs2)CC1. The molecule has 0 saturated carbocycles. The Morgan fingerprint density at radius 3 is 2.71 bits per heavy atom. The Morgan fingerprint density at radius 2 is 2.12 bits per heavy atom. The summed E-state index contributed by atoms with van der Waals surface area (Å²) in [4.78, 5) is 40.5. The molecule has 4 N–H and O–H groups in total. The van der Waals surface area contributed by atoms with E-state index in [1.54, 1.807) is 6.42 Å². The number of hydrogen-bond donors (Lipinski definition) is 3. The molecular weight excluding hydrogens is 330 g/mol. The maximum absolute atomic E-state index is 12.2. The van der Waals surface area contributed by atoms with E-state index in [9.17, 15) is 14.4 Å². The van der Waals surface area contributed by atoms with Crippen LogP contribution in [0.4, 0.5) is 0 Å². The minimum absolute atomic E-state index is 0.0971. The molecule has 1 aliphatic rings. The smallest absolute Gasteiger partial charge is 0.268 e. The van der Waals surface area contributed by atoms with Gasteiger partial charge in [0.2, 0.25) is 5.91 Å². The van der Waals surface area contributed by atoms with Gasteiger partial charge >= 0.3 is 0 Å². The number of hydrogen-bond acceptors (Lipinski definition) is 7. The molecular formula is C15H20N5O3S. The number of likely N-dealkylation sites (tertiary alicyclic amines) is 1. The summed E-state index contributed by atoms with van der Waals surface area (Å²) < 4.78 is 0. The summed E-state index contributed by atoms with van der Waals surface area (Å²) in [5.41, 5.74) is 5.25. The van der Waals surface area contributed by atoms with Gasteiger partial charge in [0.25, 0.3) is 5.91 Å². The van der Waals surface area contributed by atoms with E-state index < -0.39 is 5.91 Å². The summed E-state index contributed by atoms with van der Waals surface area (Å²) in [7, 11) is 0. The number of nitrogens with two attached hydrogens (primary N) is 1. The molecule has 24 heavy (non-hydrogen) atoms. The summed E-state index contributed by atoms with van der Waals surface area (Å²) in [6.07, 6.45) is 4.47. The summed E-state index contributed by atoms with van der Waals surface area (Å²) in [5, 5.41) is 11.4. The molecule has 8 nitrogen and oxygen atoms in total.